The molecule has 0 aliphatic heterocycles. The molecule has 0 spiro atoms. The highest BCUT2D eigenvalue weighted by molar-refractivity contribution is 6.09. The summed E-state index contributed by atoms with van der Waals surface area (Å²) in [4.78, 5) is 12.6. The summed E-state index contributed by atoms with van der Waals surface area (Å²) in [6, 6.07) is 30.9. The number of hydrogen-bond acceptors (Lipinski definition) is 2. The van der Waals surface area contributed by atoms with Gasteiger partial charge in [-0.3, -0.25) is 4.98 Å². The van der Waals surface area contributed by atoms with Crippen LogP contribution in [0.1, 0.15) is 43.4 Å². The van der Waals surface area contributed by atoms with Crippen molar-refractivity contribution in [1.82, 2.24) is 19.5 Å². The molecule has 1 aliphatic rings. The van der Waals surface area contributed by atoms with Crippen LogP contribution in [0, 0.1) is 0 Å². The molecular weight excluding hydrogens is 440 g/mol. The van der Waals surface area contributed by atoms with Gasteiger partial charge in [-0.25, -0.2) is 4.98 Å². The summed E-state index contributed by atoms with van der Waals surface area (Å²) in [6.45, 7) is 0. The van der Waals surface area contributed by atoms with Crippen molar-refractivity contribution in [2.45, 2.75) is 37.5 Å². The van der Waals surface area contributed by atoms with Crippen LogP contribution in [0.25, 0.3) is 38.9 Å². The Morgan fingerprint density at radius 2 is 1.56 bits per heavy atom. The van der Waals surface area contributed by atoms with Gasteiger partial charge in [-0.05, 0) is 54.8 Å². The summed E-state index contributed by atoms with van der Waals surface area (Å²) in [5.41, 5.74) is 7.22. The van der Waals surface area contributed by atoms with Crippen LogP contribution in [0.2, 0.25) is 0 Å². The van der Waals surface area contributed by atoms with Gasteiger partial charge in [0.1, 0.15) is 5.82 Å². The molecule has 0 radical (unpaired) electrons. The first kappa shape index (κ1) is 21.1. The lowest BCUT2D eigenvalue weighted by molar-refractivity contribution is 0.339. The number of pyridine rings is 1. The van der Waals surface area contributed by atoms with Crippen LogP contribution in [0.4, 0.5) is 0 Å². The molecule has 0 amide bonds. The first-order valence-electron chi connectivity index (χ1n) is 12.9. The van der Waals surface area contributed by atoms with Gasteiger partial charge in [0.15, 0.2) is 0 Å². The molecule has 0 bridgehead atoms. The van der Waals surface area contributed by atoms with Crippen molar-refractivity contribution in [3.05, 3.63) is 115 Å². The van der Waals surface area contributed by atoms with Crippen molar-refractivity contribution >= 4 is 21.8 Å². The molecule has 3 heterocycles. The van der Waals surface area contributed by atoms with Gasteiger partial charge in [-0.1, -0.05) is 67.8 Å². The minimum Gasteiger partial charge on any atom is -0.345 e. The molecule has 1 N–H and O–H groups in total. The first-order valence-corrected chi connectivity index (χ1v) is 12.9. The number of nitrogens with zero attached hydrogens (tertiary/aromatic N) is 3. The number of aromatic nitrogens is 4. The average Bonchev–Trinajstić information content (AvgIpc) is 3.61. The van der Waals surface area contributed by atoms with E-state index < -0.39 is 0 Å². The molecule has 3 aromatic carbocycles. The predicted molar refractivity (Wildman–Crippen MR) is 146 cm³/mol. The lowest BCUT2D eigenvalue weighted by Crippen LogP contribution is -2.31. The maximum Gasteiger partial charge on any atom is 0.137 e. The SMILES string of the molecule is c1ccc(C2(c3ccc4c5ccccc5n(-c5cccc(-c6ncc[nH]6)c5)c4c3)CCCCC2)nc1. The number of hydrogen-bond donors (Lipinski definition) is 1. The van der Waals surface area contributed by atoms with Gasteiger partial charge in [-0.2, -0.15) is 0 Å². The molecule has 1 fully saturated rings. The molecule has 1 aliphatic carbocycles. The maximum atomic E-state index is 4.88. The third-order valence-corrected chi connectivity index (χ3v) is 7.96. The second-order valence-corrected chi connectivity index (χ2v) is 9.93. The number of nitrogens with one attached hydrogen (secondary N) is 1. The van der Waals surface area contributed by atoms with Crippen LogP contribution < -0.4 is 0 Å². The molecule has 176 valence electrons. The Hall–Kier alpha value is -4.18. The Labute approximate surface area is 210 Å². The number of aromatic amines is 1. The van der Waals surface area contributed by atoms with E-state index in [2.05, 4.69) is 93.4 Å². The first-order chi connectivity index (χ1) is 17.8. The Morgan fingerprint density at radius 3 is 2.39 bits per heavy atom. The average molecular weight is 469 g/mol. The van der Waals surface area contributed by atoms with Crippen molar-refractivity contribution in [3.8, 4) is 17.1 Å². The van der Waals surface area contributed by atoms with Gasteiger partial charge in [0, 0.05) is 46.0 Å². The van der Waals surface area contributed by atoms with E-state index in [1.807, 2.05) is 18.5 Å². The standard InChI is InChI=1S/C32H28N4/c1-5-16-32(17-6-1,30-13-4-7-18-33-30)24-14-15-27-26-11-2-3-12-28(26)36(29(27)22-24)25-10-8-9-23(21-25)31-34-19-20-35-31/h2-4,7-15,18-22H,1,5-6,16-17H2,(H,34,35). The zero-order valence-corrected chi connectivity index (χ0v) is 20.2. The fourth-order valence-electron chi connectivity index (χ4n) is 6.26. The molecule has 1 saturated carbocycles. The summed E-state index contributed by atoms with van der Waals surface area (Å²) in [6.07, 6.45) is 11.7. The molecule has 3 aromatic heterocycles. The number of benzene rings is 3. The Kier molecular flexibility index (Phi) is 4.98. The molecular formula is C32H28N4. The zero-order valence-electron chi connectivity index (χ0n) is 20.2. The zero-order chi connectivity index (χ0) is 24.0. The molecule has 7 rings (SSSR count). The summed E-state index contributed by atoms with van der Waals surface area (Å²) in [5, 5.41) is 2.56. The molecule has 4 nitrogen and oxygen atoms in total. The van der Waals surface area contributed by atoms with Crippen LogP contribution in [0.5, 0.6) is 0 Å². The van der Waals surface area contributed by atoms with E-state index in [1.165, 1.54) is 52.3 Å². The van der Waals surface area contributed by atoms with Crippen molar-refractivity contribution in [2.75, 3.05) is 0 Å². The lowest BCUT2D eigenvalue weighted by Gasteiger charge is -2.37. The summed E-state index contributed by atoms with van der Waals surface area (Å²) in [7, 11) is 0. The topological polar surface area (TPSA) is 46.5 Å². The number of rotatable bonds is 4. The number of para-hydroxylation sites is 1. The fraction of sp³-hybridized carbons (Fsp3) is 0.188. The maximum absolute atomic E-state index is 4.88. The summed E-state index contributed by atoms with van der Waals surface area (Å²) < 4.78 is 2.41. The van der Waals surface area contributed by atoms with Crippen molar-refractivity contribution in [1.29, 1.82) is 0 Å². The van der Waals surface area contributed by atoms with E-state index in [0.29, 0.717) is 0 Å². The van der Waals surface area contributed by atoms with Gasteiger partial charge < -0.3 is 9.55 Å². The molecule has 36 heavy (non-hydrogen) atoms. The van der Waals surface area contributed by atoms with Crippen molar-refractivity contribution in [3.63, 3.8) is 0 Å². The van der Waals surface area contributed by atoms with Crippen LogP contribution >= 0.6 is 0 Å². The summed E-state index contributed by atoms with van der Waals surface area (Å²) >= 11 is 0. The normalized spacial score (nSPS) is 15.4. The fourth-order valence-corrected chi connectivity index (χ4v) is 6.26. The molecule has 0 saturated heterocycles. The van der Waals surface area contributed by atoms with Gasteiger partial charge in [-0.15, -0.1) is 0 Å². The van der Waals surface area contributed by atoms with E-state index in [0.717, 1.165) is 29.9 Å². The molecule has 0 atom stereocenters. The lowest BCUT2D eigenvalue weighted by atomic mass is 9.67. The Balaban J connectivity index is 1.49. The van der Waals surface area contributed by atoms with Crippen LogP contribution in [0.3, 0.4) is 0 Å². The number of imidazole rings is 1. The van der Waals surface area contributed by atoms with Gasteiger partial charge >= 0.3 is 0 Å². The highest BCUT2D eigenvalue weighted by Crippen LogP contribution is 2.45. The van der Waals surface area contributed by atoms with Crippen molar-refractivity contribution < 1.29 is 0 Å². The molecule has 4 heteroatoms. The van der Waals surface area contributed by atoms with E-state index >= 15 is 0 Å². The van der Waals surface area contributed by atoms with Crippen LogP contribution in [-0.2, 0) is 5.41 Å². The van der Waals surface area contributed by atoms with Crippen molar-refractivity contribution in [2.24, 2.45) is 0 Å². The molecule has 6 aromatic rings. The van der Waals surface area contributed by atoms with Gasteiger partial charge in [0.2, 0.25) is 0 Å². The highest BCUT2D eigenvalue weighted by Gasteiger charge is 2.37. The monoisotopic (exact) mass is 468 g/mol. The second-order valence-electron chi connectivity index (χ2n) is 9.93. The Bertz CT molecular complexity index is 1660. The van der Waals surface area contributed by atoms with E-state index in [9.17, 15) is 0 Å². The van der Waals surface area contributed by atoms with E-state index in [-0.39, 0.29) is 5.41 Å². The highest BCUT2D eigenvalue weighted by atomic mass is 15.0. The van der Waals surface area contributed by atoms with E-state index in [4.69, 9.17) is 4.98 Å². The number of fused-ring (bicyclic) bond motifs is 3. The Morgan fingerprint density at radius 1 is 0.694 bits per heavy atom. The second kappa shape index (κ2) is 8.49. The smallest absolute Gasteiger partial charge is 0.137 e. The van der Waals surface area contributed by atoms with Gasteiger partial charge in [0.05, 0.1) is 16.7 Å². The summed E-state index contributed by atoms with van der Waals surface area (Å²) in [5.74, 6) is 0.884. The minimum absolute atomic E-state index is 0.0367. The number of H-pyrrole nitrogens is 1. The minimum atomic E-state index is -0.0367. The van der Waals surface area contributed by atoms with Crippen LogP contribution in [0.15, 0.2) is 104 Å². The third kappa shape index (κ3) is 3.29. The third-order valence-electron chi connectivity index (χ3n) is 7.96. The van der Waals surface area contributed by atoms with Crippen LogP contribution in [-0.4, -0.2) is 19.5 Å². The van der Waals surface area contributed by atoms with E-state index in [1.54, 1.807) is 6.20 Å². The van der Waals surface area contributed by atoms with Gasteiger partial charge in [0.25, 0.3) is 0 Å². The quantitative estimate of drug-likeness (QED) is 0.287. The molecule has 0 unspecified atom stereocenters. The predicted octanol–water partition coefficient (Wildman–Crippen LogP) is 7.82. The largest absolute Gasteiger partial charge is 0.345 e.